The first kappa shape index (κ1) is 23.4. The molecule has 0 aliphatic heterocycles. The van der Waals surface area contributed by atoms with Gasteiger partial charge in [0.2, 0.25) is 10.0 Å². The first-order chi connectivity index (χ1) is 14.0. The van der Waals surface area contributed by atoms with Crippen LogP contribution in [0.15, 0.2) is 59.5 Å². The van der Waals surface area contributed by atoms with Crippen LogP contribution in [0.25, 0.3) is 0 Å². The highest BCUT2D eigenvalue weighted by Crippen LogP contribution is 2.22. The molecular weight excluding hydrogens is 382 g/mol. The molecule has 2 aromatic rings. The van der Waals surface area contributed by atoms with Crippen LogP contribution in [0, 0.1) is 0 Å². The Morgan fingerprint density at radius 1 is 0.828 bits per heavy atom. The second kappa shape index (κ2) is 12.7. The molecule has 1 atom stereocenters. The van der Waals surface area contributed by atoms with Crippen LogP contribution in [0.4, 0.5) is 0 Å². The van der Waals surface area contributed by atoms with Gasteiger partial charge in [-0.3, -0.25) is 0 Å². The topological polar surface area (TPSA) is 55.4 Å². The molecule has 2 aromatic carbocycles. The third-order valence-electron chi connectivity index (χ3n) is 4.95. The van der Waals surface area contributed by atoms with E-state index >= 15 is 0 Å². The van der Waals surface area contributed by atoms with Crippen molar-refractivity contribution in [3.05, 3.63) is 60.2 Å². The Bertz CT molecular complexity index is 806. The molecule has 4 nitrogen and oxygen atoms in total. The Labute approximate surface area is 176 Å². The summed E-state index contributed by atoms with van der Waals surface area (Å²) in [6.07, 6.45) is 10.6. The highest BCUT2D eigenvalue weighted by molar-refractivity contribution is 7.89. The maximum absolute atomic E-state index is 12.5. The Morgan fingerprint density at radius 3 is 2.10 bits per heavy atom. The predicted octanol–water partition coefficient (Wildman–Crippen LogP) is 6.07. The van der Waals surface area contributed by atoms with Crippen LogP contribution in [0.2, 0.25) is 0 Å². The van der Waals surface area contributed by atoms with Gasteiger partial charge in [-0.05, 0) is 43.5 Å². The quantitative estimate of drug-likeness (QED) is 0.300. The van der Waals surface area contributed by atoms with E-state index in [0.29, 0.717) is 0 Å². The minimum atomic E-state index is -3.60. The van der Waals surface area contributed by atoms with E-state index in [4.69, 9.17) is 4.74 Å². The summed E-state index contributed by atoms with van der Waals surface area (Å²) >= 11 is 0. The summed E-state index contributed by atoms with van der Waals surface area (Å²) in [5.74, 6) is 0.749. The molecule has 0 amide bonds. The van der Waals surface area contributed by atoms with Gasteiger partial charge in [-0.25, -0.2) is 8.42 Å². The minimum absolute atomic E-state index is 0.239. The van der Waals surface area contributed by atoms with E-state index in [2.05, 4.69) is 17.7 Å². The van der Waals surface area contributed by atoms with Crippen molar-refractivity contribution in [3.8, 4) is 5.75 Å². The van der Waals surface area contributed by atoms with E-state index in [1.54, 1.807) is 37.3 Å². The molecule has 5 heteroatoms. The van der Waals surface area contributed by atoms with Crippen molar-refractivity contribution in [1.82, 2.24) is 4.72 Å². The third kappa shape index (κ3) is 8.58. The van der Waals surface area contributed by atoms with Crippen molar-refractivity contribution in [2.45, 2.75) is 82.8 Å². The highest BCUT2D eigenvalue weighted by atomic mass is 32.2. The van der Waals surface area contributed by atoms with E-state index in [-0.39, 0.29) is 4.90 Å². The zero-order chi connectivity index (χ0) is 21.0. The van der Waals surface area contributed by atoms with Gasteiger partial charge in [-0.1, -0.05) is 88.3 Å². The zero-order valence-corrected chi connectivity index (χ0v) is 18.6. The lowest BCUT2D eigenvalue weighted by atomic mass is 10.0. The molecule has 1 unspecified atom stereocenters. The van der Waals surface area contributed by atoms with Crippen molar-refractivity contribution < 1.29 is 13.2 Å². The van der Waals surface area contributed by atoms with Gasteiger partial charge in [-0.15, -0.1) is 0 Å². The number of hydrogen-bond donors (Lipinski definition) is 1. The van der Waals surface area contributed by atoms with Crippen LogP contribution >= 0.6 is 0 Å². The Hall–Kier alpha value is -1.85. The average molecular weight is 418 g/mol. The Kier molecular flexibility index (Phi) is 10.2. The molecule has 0 saturated heterocycles. The fourth-order valence-corrected chi connectivity index (χ4v) is 4.51. The first-order valence-electron chi connectivity index (χ1n) is 10.8. The van der Waals surface area contributed by atoms with Gasteiger partial charge in [0.15, 0.2) is 6.23 Å². The molecule has 0 bridgehead atoms. The monoisotopic (exact) mass is 417 g/mol. The van der Waals surface area contributed by atoms with Crippen molar-refractivity contribution in [2.24, 2.45) is 0 Å². The van der Waals surface area contributed by atoms with Crippen molar-refractivity contribution >= 4 is 10.0 Å². The molecule has 0 radical (unpaired) electrons. The summed E-state index contributed by atoms with van der Waals surface area (Å²) in [4.78, 5) is 0.239. The van der Waals surface area contributed by atoms with Gasteiger partial charge < -0.3 is 4.74 Å². The molecule has 0 fully saturated rings. The van der Waals surface area contributed by atoms with E-state index in [9.17, 15) is 8.42 Å². The lowest BCUT2D eigenvalue weighted by molar-refractivity contribution is 0.208. The summed E-state index contributed by atoms with van der Waals surface area (Å²) in [5.41, 5.74) is 1.13. The molecule has 0 heterocycles. The van der Waals surface area contributed by atoms with Crippen LogP contribution < -0.4 is 9.46 Å². The molecule has 0 aromatic heterocycles. The second-order valence-electron chi connectivity index (χ2n) is 7.53. The number of rotatable bonds is 14. The van der Waals surface area contributed by atoms with E-state index in [1.165, 1.54) is 44.9 Å². The number of ether oxygens (including phenoxy) is 1. The number of unbranched alkanes of at least 4 members (excludes halogenated alkanes) is 7. The molecular formula is C24H35NO3S. The average Bonchev–Trinajstić information content (AvgIpc) is 2.71. The molecule has 0 aliphatic rings. The van der Waals surface area contributed by atoms with Gasteiger partial charge in [-0.2, -0.15) is 4.72 Å². The van der Waals surface area contributed by atoms with Crippen LogP contribution in [0.5, 0.6) is 5.75 Å². The first-order valence-corrected chi connectivity index (χ1v) is 12.3. The van der Waals surface area contributed by atoms with Gasteiger partial charge in [0.1, 0.15) is 5.75 Å². The molecule has 0 saturated carbocycles. The largest absolute Gasteiger partial charge is 0.474 e. The standard InChI is InChI=1S/C24H35NO3S/c1-3-4-5-6-7-8-9-11-16-22-17-14-15-20-24(22)28-21(2)25-29(26,27)23-18-12-10-13-19-23/h10,12-15,17-21,25H,3-9,11,16H2,1-2H3. The van der Waals surface area contributed by atoms with Crippen molar-refractivity contribution in [1.29, 1.82) is 0 Å². The minimum Gasteiger partial charge on any atom is -0.474 e. The zero-order valence-electron chi connectivity index (χ0n) is 17.8. The lowest BCUT2D eigenvalue weighted by Gasteiger charge is -2.19. The maximum Gasteiger partial charge on any atom is 0.243 e. The van der Waals surface area contributed by atoms with Gasteiger partial charge in [0, 0.05) is 0 Å². The van der Waals surface area contributed by atoms with Crippen LogP contribution in [0.1, 0.15) is 70.8 Å². The molecule has 0 aliphatic carbocycles. The molecule has 160 valence electrons. The fraction of sp³-hybridized carbons (Fsp3) is 0.500. The third-order valence-corrected chi connectivity index (χ3v) is 6.49. The predicted molar refractivity (Wildman–Crippen MR) is 120 cm³/mol. The fourth-order valence-electron chi connectivity index (χ4n) is 3.38. The Balaban J connectivity index is 1.82. The normalized spacial score (nSPS) is 12.6. The number of hydrogen-bond acceptors (Lipinski definition) is 3. The molecule has 2 rings (SSSR count). The van der Waals surface area contributed by atoms with Crippen LogP contribution in [0.3, 0.4) is 0 Å². The summed E-state index contributed by atoms with van der Waals surface area (Å²) in [6.45, 7) is 3.96. The number of nitrogens with one attached hydrogen (secondary N) is 1. The van der Waals surface area contributed by atoms with Crippen LogP contribution in [-0.4, -0.2) is 14.6 Å². The van der Waals surface area contributed by atoms with Crippen molar-refractivity contribution in [2.75, 3.05) is 0 Å². The van der Waals surface area contributed by atoms with E-state index in [1.807, 2.05) is 18.2 Å². The van der Waals surface area contributed by atoms with Gasteiger partial charge in [0.25, 0.3) is 0 Å². The summed E-state index contributed by atoms with van der Waals surface area (Å²) in [5, 5.41) is 0. The lowest BCUT2D eigenvalue weighted by Crippen LogP contribution is -2.36. The van der Waals surface area contributed by atoms with Crippen molar-refractivity contribution in [3.63, 3.8) is 0 Å². The highest BCUT2D eigenvalue weighted by Gasteiger charge is 2.18. The molecule has 1 N–H and O–H groups in total. The number of para-hydroxylation sites is 1. The molecule has 29 heavy (non-hydrogen) atoms. The summed E-state index contributed by atoms with van der Waals surface area (Å²) in [7, 11) is -3.60. The maximum atomic E-state index is 12.5. The number of benzene rings is 2. The summed E-state index contributed by atoms with van der Waals surface area (Å²) in [6, 6.07) is 16.3. The summed E-state index contributed by atoms with van der Waals surface area (Å²) < 4.78 is 33.5. The Morgan fingerprint density at radius 2 is 1.41 bits per heavy atom. The number of sulfonamides is 1. The van der Waals surface area contributed by atoms with Gasteiger partial charge in [0.05, 0.1) is 4.90 Å². The van der Waals surface area contributed by atoms with Crippen LogP contribution in [-0.2, 0) is 16.4 Å². The number of aryl methyl sites for hydroxylation is 1. The second-order valence-corrected chi connectivity index (χ2v) is 9.24. The van der Waals surface area contributed by atoms with E-state index in [0.717, 1.165) is 24.2 Å². The smallest absolute Gasteiger partial charge is 0.243 e. The van der Waals surface area contributed by atoms with E-state index < -0.39 is 16.3 Å². The SMILES string of the molecule is CCCCCCCCCCc1ccccc1OC(C)NS(=O)(=O)c1ccccc1. The van der Waals surface area contributed by atoms with Gasteiger partial charge >= 0.3 is 0 Å². The molecule has 0 spiro atoms.